The van der Waals surface area contributed by atoms with E-state index >= 15 is 0 Å². The Hall–Kier alpha value is -2.07. The zero-order valence-electron chi connectivity index (χ0n) is 32.5. The Kier molecular flexibility index (Phi) is 35.8. The summed E-state index contributed by atoms with van der Waals surface area (Å²) >= 11 is 0. The number of hydrogen-bond acceptors (Lipinski definition) is 9. The van der Waals surface area contributed by atoms with Crippen molar-refractivity contribution < 1.29 is 47.8 Å². The Morgan fingerprint density at radius 3 is 1.52 bits per heavy atom. The minimum atomic E-state index is -4.62. The van der Waals surface area contributed by atoms with Gasteiger partial charge in [0.05, 0.1) is 19.8 Å². The van der Waals surface area contributed by atoms with Gasteiger partial charge >= 0.3 is 19.8 Å². The van der Waals surface area contributed by atoms with Crippen LogP contribution in [0, 0.1) is 0 Å². The van der Waals surface area contributed by atoms with Gasteiger partial charge in [0.25, 0.3) is 0 Å². The van der Waals surface area contributed by atoms with Crippen molar-refractivity contribution >= 4 is 19.8 Å². The van der Waals surface area contributed by atoms with Crippen molar-refractivity contribution in [3.63, 3.8) is 0 Å². The van der Waals surface area contributed by atoms with E-state index in [-0.39, 0.29) is 19.4 Å². The van der Waals surface area contributed by atoms with Gasteiger partial charge in [0.1, 0.15) is 12.7 Å². The fourth-order valence-corrected chi connectivity index (χ4v) is 5.84. The van der Waals surface area contributed by atoms with Crippen molar-refractivity contribution in [2.75, 3.05) is 26.4 Å². The quantitative estimate of drug-likeness (QED) is 0.0242. The van der Waals surface area contributed by atoms with Crippen LogP contribution in [-0.4, -0.2) is 65.7 Å². The first kappa shape index (κ1) is 49.9. The normalized spacial score (nSPS) is 14.5. The fourth-order valence-electron chi connectivity index (χ4n) is 5.05. The zero-order valence-corrected chi connectivity index (χ0v) is 33.4. The van der Waals surface area contributed by atoms with Gasteiger partial charge in [-0.05, 0) is 77.0 Å². The van der Waals surface area contributed by atoms with E-state index in [9.17, 15) is 24.2 Å². The number of allylic oxidation sites excluding steroid dienone is 8. The third-order valence-corrected chi connectivity index (χ3v) is 9.16. The standard InChI is InChI=1S/C41H73O10P/c1-3-5-7-9-11-13-15-17-18-19-20-21-23-24-26-28-30-32-40(44)48-36-39(37-50-52(46,47)49-35-38(43)34-42)51-41(45)33-31-29-27-25-22-16-14-12-10-8-6-4-2/h11-14,17-18,20-21,38-39,42-43H,3-10,15-16,19,22-37H2,1-2H3,(H,46,47)/b13-11-,14-12-,18-17-,21-20-/t38-,39+/m0/s1. The van der Waals surface area contributed by atoms with Crippen molar-refractivity contribution in [1.82, 2.24) is 0 Å². The predicted molar refractivity (Wildman–Crippen MR) is 210 cm³/mol. The number of esters is 2. The highest BCUT2D eigenvalue weighted by atomic mass is 31.2. The summed E-state index contributed by atoms with van der Waals surface area (Å²) in [6.45, 7) is 2.27. The minimum absolute atomic E-state index is 0.167. The highest BCUT2D eigenvalue weighted by Crippen LogP contribution is 2.43. The molecule has 3 atom stereocenters. The Labute approximate surface area is 315 Å². The average Bonchev–Trinajstić information content (AvgIpc) is 3.13. The summed E-state index contributed by atoms with van der Waals surface area (Å²) in [4.78, 5) is 34.9. The van der Waals surface area contributed by atoms with Crippen LogP contribution in [0.4, 0.5) is 0 Å². The van der Waals surface area contributed by atoms with Gasteiger partial charge in [-0.15, -0.1) is 0 Å². The number of carbonyl (C=O) groups excluding carboxylic acids is 2. The third kappa shape index (κ3) is 36.3. The molecule has 0 bridgehead atoms. The molecule has 0 rings (SSSR count). The number of aliphatic hydroxyl groups is 2. The maximum atomic E-state index is 12.5. The number of carbonyl (C=O) groups is 2. The molecule has 52 heavy (non-hydrogen) atoms. The monoisotopic (exact) mass is 756 g/mol. The van der Waals surface area contributed by atoms with E-state index in [0.29, 0.717) is 12.8 Å². The molecule has 0 aliphatic carbocycles. The maximum absolute atomic E-state index is 12.5. The van der Waals surface area contributed by atoms with Crippen LogP contribution in [-0.2, 0) is 32.7 Å². The first-order chi connectivity index (χ1) is 25.2. The Balaban J connectivity index is 4.39. The van der Waals surface area contributed by atoms with Gasteiger partial charge < -0.3 is 24.6 Å². The Morgan fingerprint density at radius 2 is 1.00 bits per heavy atom. The smallest absolute Gasteiger partial charge is 0.462 e. The minimum Gasteiger partial charge on any atom is -0.462 e. The molecule has 3 N–H and O–H groups in total. The van der Waals surface area contributed by atoms with Gasteiger partial charge in [0, 0.05) is 12.8 Å². The van der Waals surface area contributed by atoms with Gasteiger partial charge in [-0.1, -0.05) is 120 Å². The van der Waals surface area contributed by atoms with E-state index in [4.69, 9.17) is 19.1 Å². The van der Waals surface area contributed by atoms with Crippen LogP contribution in [0.15, 0.2) is 48.6 Å². The summed E-state index contributed by atoms with van der Waals surface area (Å²) in [6, 6.07) is 0. The molecular weight excluding hydrogens is 683 g/mol. The lowest BCUT2D eigenvalue weighted by molar-refractivity contribution is -0.161. The van der Waals surface area contributed by atoms with Crippen molar-refractivity contribution in [3.8, 4) is 0 Å². The van der Waals surface area contributed by atoms with Crippen LogP contribution in [0.25, 0.3) is 0 Å². The largest absolute Gasteiger partial charge is 0.472 e. The number of rotatable bonds is 37. The van der Waals surface area contributed by atoms with Gasteiger partial charge in [0.2, 0.25) is 0 Å². The highest BCUT2D eigenvalue weighted by molar-refractivity contribution is 7.47. The van der Waals surface area contributed by atoms with E-state index in [1.165, 1.54) is 44.9 Å². The maximum Gasteiger partial charge on any atom is 0.472 e. The van der Waals surface area contributed by atoms with E-state index < -0.39 is 51.8 Å². The van der Waals surface area contributed by atoms with Crippen molar-refractivity contribution in [2.24, 2.45) is 0 Å². The SMILES string of the molecule is CCCCC/C=C\C/C=C\C/C=C\CCCCCCC(=O)OC[C@H](COP(=O)(O)OC[C@@H](O)CO)OC(=O)CCCCCCC/C=C\CCCCC. The molecule has 1 unspecified atom stereocenters. The van der Waals surface area contributed by atoms with Crippen molar-refractivity contribution in [3.05, 3.63) is 48.6 Å². The van der Waals surface area contributed by atoms with Crippen LogP contribution in [0.2, 0.25) is 0 Å². The molecule has 10 nitrogen and oxygen atoms in total. The lowest BCUT2D eigenvalue weighted by Crippen LogP contribution is -2.29. The second-order valence-corrected chi connectivity index (χ2v) is 14.8. The molecule has 0 heterocycles. The Bertz CT molecular complexity index is 1010. The molecule has 0 spiro atoms. The summed E-state index contributed by atoms with van der Waals surface area (Å²) in [5.74, 6) is -0.965. The molecule has 0 aromatic heterocycles. The Morgan fingerprint density at radius 1 is 0.577 bits per heavy atom. The number of phosphoric acid groups is 1. The molecule has 0 radical (unpaired) electrons. The molecule has 0 amide bonds. The lowest BCUT2D eigenvalue weighted by atomic mass is 10.1. The molecular formula is C41H73O10P. The fraction of sp³-hybridized carbons (Fsp3) is 0.756. The van der Waals surface area contributed by atoms with Crippen LogP contribution < -0.4 is 0 Å². The predicted octanol–water partition coefficient (Wildman–Crippen LogP) is 10.2. The second kappa shape index (κ2) is 37.3. The van der Waals surface area contributed by atoms with Crippen LogP contribution in [0.5, 0.6) is 0 Å². The van der Waals surface area contributed by atoms with Crippen LogP contribution in [0.3, 0.4) is 0 Å². The van der Waals surface area contributed by atoms with Crippen LogP contribution >= 0.6 is 7.82 Å². The first-order valence-corrected chi connectivity index (χ1v) is 21.6. The van der Waals surface area contributed by atoms with Crippen molar-refractivity contribution in [1.29, 1.82) is 0 Å². The first-order valence-electron chi connectivity index (χ1n) is 20.1. The molecule has 0 aliphatic rings. The van der Waals surface area contributed by atoms with Gasteiger partial charge in [-0.2, -0.15) is 0 Å². The summed E-state index contributed by atoms with van der Waals surface area (Å²) in [6.07, 6.45) is 37.9. The summed E-state index contributed by atoms with van der Waals surface area (Å²) in [5.41, 5.74) is 0. The number of ether oxygens (including phenoxy) is 2. The van der Waals surface area contributed by atoms with E-state index in [1.807, 2.05) is 0 Å². The van der Waals surface area contributed by atoms with E-state index in [2.05, 4.69) is 67.0 Å². The molecule has 0 fully saturated rings. The van der Waals surface area contributed by atoms with Gasteiger partial charge in [0.15, 0.2) is 6.10 Å². The molecule has 11 heteroatoms. The summed E-state index contributed by atoms with van der Waals surface area (Å²) in [5, 5.41) is 18.3. The van der Waals surface area contributed by atoms with E-state index in [0.717, 1.165) is 77.0 Å². The van der Waals surface area contributed by atoms with Gasteiger partial charge in [-0.25, -0.2) is 4.57 Å². The number of hydrogen-bond donors (Lipinski definition) is 3. The molecule has 0 aliphatic heterocycles. The molecule has 0 aromatic rings. The number of aliphatic hydroxyl groups excluding tert-OH is 2. The second-order valence-electron chi connectivity index (χ2n) is 13.3. The molecule has 0 aromatic carbocycles. The number of phosphoric ester groups is 1. The van der Waals surface area contributed by atoms with E-state index in [1.54, 1.807) is 0 Å². The van der Waals surface area contributed by atoms with Crippen molar-refractivity contribution in [2.45, 2.75) is 174 Å². The molecule has 0 saturated heterocycles. The number of unbranched alkanes of at least 4 members (excludes halogenated alkanes) is 15. The lowest BCUT2D eigenvalue weighted by Gasteiger charge is -2.20. The summed E-state index contributed by atoms with van der Waals surface area (Å²) < 4.78 is 32.6. The topological polar surface area (TPSA) is 149 Å². The zero-order chi connectivity index (χ0) is 38.4. The highest BCUT2D eigenvalue weighted by Gasteiger charge is 2.27. The average molecular weight is 757 g/mol. The summed E-state index contributed by atoms with van der Waals surface area (Å²) in [7, 11) is -4.62. The van der Waals surface area contributed by atoms with Crippen LogP contribution in [0.1, 0.15) is 162 Å². The third-order valence-electron chi connectivity index (χ3n) is 8.21. The molecule has 0 saturated carbocycles. The molecule has 302 valence electrons. The van der Waals surface area contributed by atoms with Gasteiger partial charge in [-0.3, -0.25) is 18.6 Å².